The van der Waals surface area contributed by atoms with E-state index in [-0.39, 0.29) is 25.0 Å². The summed E-state index contributed by atoms with van der Waals surface area (Å²) in [5.41, 5.74) is 0. The lowest BCUT2D eigenvalue weighted by Crippen LogP contribution is -2.46. The first-order chi connectivity index (χ1) is 7.11. The third-order valence-corrected chi connectivity index (χ3v) is 2.68. The number of carbonyl (C=O) groups excluding carboxylic acids is 1. The summed E-state index contributed by atoms with van der Waals surface area (Å²) < 4.78 is 0. The fourth-order valence-electron chi connectivity index (χ4n) is 1.85. The molecular formula is C10H18N2O3. The van der Waals surface area contributed by atoms with Crippen molar-refractivity contribution in [3.63, 3.8) is 0 Å². The number of aliphatic carboxylic acids is 1. The Kier molecular flexibility index (Phi) is 4.55. The molecule has 0 aromatic rings. The number of hydrogen-bond acceptors (Lipinski definition) is 3. The Hall–Kier alpha value is -1.10. The van der Waals surface area contributed by atoms with Gasteiger partial charge in [-0.3, -0.25) is 14.9 Å². The molecule has 1 aliphatic rings. The highest BCUT2D eigenvalue weighted by Gasteiger charge is 2.22. The topological polar surface area (TPSA) is 69.6 Å². The Bertz CT molecular complexity index is 243. The van der Waals surface area contributed by atoms with Gasteiger partial charge in [-0.1, -0.05) is 0 Å². The van der Waals surface area contributed by atoms with E-state index in [1.54, 1.807) is 0 Å². The summed E-state index contributed by atoms with van der Waals surface area (Å²) in [5, 5.41) is 11.0. The molecule has 0 aliphatic carbocycles. The number of hydrogen-bond donors (Lipinski definition) is 2. The highest BCUT2D eigenvalue weighted by molar-refractivity contribution is 5.79. The molecule has 1 heterocycles. The van der Waals surface area contributed by atoms with Gasteiger partial charge in [0.2, 0.25) is 5.91 Å². The second-order valence-electron chi connectivity index (χ2n) is 3.93. The second kappa shape index (κ2) is 5.70. The zero-order valence-corrected chi connectivity index (χ0v) is 9.03. The maximum atomic E-state index is 11.7. The number of amides is 1. The molecule has 2 N–H and O–H groups in total. The normalized spacial score (nSPS) is 21.4. The van der Waals surface area contributed by atoms with Crippen LogP contribution < -0.4 is 5.32 Å². The first-order valence-electron chi connectivity index (χ1n) is 5.33. The van der Waals surface area contributed by atoms with Crippen LogP contribution in [-0.4, -0.2) is 47.6 Å². The van der Waals surface area contributed by atoms with Crippen molar-refractivity contribution in [1.82, 2.24) is 10.2 Å². The molecule has 86 valence electrons. The fraction of sp³-hybridized carbons (Fsp3) is 0.800. The van der Waals surface area contributed by atoms with Gasteiger partial charge in [0.25, 0.3) is 0 Å². The van der Waals surface area contributed by atoms with Crippen LogP contribution in [0.3, 0.4) is 0 Å². The molecule has 5 heteroatoms. The molecule has 1 rings (SSSR count). The molecule has 5 nitrogen and oxygen atoms in total. The summed E-state index contributed by atoms with van der Waals surface area (Å²) in [6.07, 6.45) is 3.27. The van der Waals surface area contributed by atoms with Crippen LogP contribution in [0.4, 0.5) is 0 Å². The first-order valence-corrected chi connectivity index (χ1v) is 5.33. The molecule has 0 radical (unpaired) electrons. The van der Waals surface area contributed by atoms with Crippen molar-refractivity contribution in [2.24, 2.45) is 0 Å². The van der Waals surface area contributed by atoms with Gasteiger partial charge in [-0.15, -0.1) is 0 Å². The molecule has 1 amide bonds. The lowest BCUT2D eigenvalue weighted by Gasteiger charge is -2.33. The highest BCUT2D eigenvalue weighted by atomic mass is 16.4. The van der Waals surface area contributed by atoms with E-state index in [0.29, 0.717) is 0 Å². The molecule has 1 unspecified atom stereocenters. The van der Waals surface area contributed by atoms with Crippen LogP contribution in [-0.2, 0) is 9.59 Å². The van der Waals surface area contributed by atoms with Gasteiger partial charge in [-0.05, 0) is 26.2 Å². The average Bonchev–Trinajstić information content (AvgIpc) is 2.17. The number of nitrogens with zero attached hydrogens (tertiary/aromatic N) is 1. The number of carbonyl (C=O) groups is 2. The monoisotopic (exact) mass is 214 g/mol. The number of carboxylic acid groups (broad SMARTS) is 1. The van der Waals surface area contributed by atoms with Crippen LogP contribution in [0.15, 0.2) is 0 Å². The van der Waals surface area contributed by atoms with Gasteiger partial charge in [0.05, 0.1) is 13.1 Å². The molecule has 15 heavy (non-hydrogen) atoms. The summed E-state index contributed by atoms with van der Waals surface area (Å²) in [4.78, 5) is 23.7. The van der Waals surface area contributed by atoms with Crippen LogP contribution in [0.1, 0.15) is 26.2 Å². The molecule has 1 aliphatic heterocycles. The van der Waals surface area contributed by atoms with E-state index in [0.717, 1.165) is 19.4 Å². The average molecular weight is 214 g/mol. The maximum Gasteiger partial charge on any atom is 0.317 e. The van der Waals surface area contributed by atoms with E-state index in [9.17, 15) is 9.59 Å². The minimum absolute atomic E-state index is 0.00319. The van der Waals surface area contributed by atoms with E-state index in [1.807, 2.05) is 11.8 Å². The van der Waals surface area contributed by atoms with E-state index >= 15 is 0 Å². The molecular weight excluding hydrogens is 196 g/mol. The maximum absolute atomic E-state index is 11.7. The SMILES string of the molecule is CC1CCCCN1C(=O)CNCC(=O)O. The van der Waals surface area contributed by atoms with Crippen molar-refractivity contribution in [3.8, 4) is 0 Å². The van der Waals surface area contributed by atoms with E-state index < -0.39 is 5.97 Å². The summed E-state index contributed by atoms with van der Waals surface area (Å²) in [6, 6.07) is 0.290. The molecule has 0 bridgehead atoms. The largest absolute Gasteiger partial charge is 0.480 e. The van der Waals surface area contributed by atoms with Crippen molar-refractivity contribution in [1.29, 1.82) is 0 Å². The summed E-state index contributed by atoms with van der Waals surface area (Å²) in [6.45, 7) is 2.80. The summed E-state index contributed by atoms with van der Waals surface area (Å²) >= 11 is 0. The molecule has 0 saturated carbocycles. The number of rotatable bonds is 4. The molecule has 1 saturated heterocycles. The second-order valence-corrected chi connectivity index (χ2v) is 3.93. The van der Waals surface area contributed by atoms with E-state index in [2.05, 4.69) is 5.32 Å². The quantitative estimate of drug-likeness (QED) is 0.694. The third-order valence-electron chi connectivity index (χ3n) is 2.68. The van der Waals surface area contributed by atoms with Gasteiger partial charge in [0, 0.05) is 12.6 Å². The van der Waals surface area contributed by atoms with Crippen molar-refractivity contribution >= 4 is 11.9 Å². The Morgan fingerprint density at radius 3 is 2.73 bits per heavy atom. The smallest absolute Gasteiger partial charge is 0.317 e. The zero-order chi connectivity index (χ0) is 11.3. The van der Waals surface area contributed by atoms with Crippen LogP contribution in [0, 0.1) is 0 Å². The minimum Gasteiger partial charge on any atom is -0.480 e. The van der Waals surface area contributed by atoms with Crippen LogP contribution in [0.5, 0.6) is 0 Å². The number of likely N-dealkylation sites (tertiary alicyclic amines) is 1. The molecule has 1 fully saturated rings. The Labute approximate surface area is 89.4 Å². The molecule has 0 spiro atoms. The van der Waals surface area contributed by atoms with Gasteiger partial charge in [0.1, 0.15) is 0 Å². The standard InChI is InChI=1S/C10H18N2O3/c1-8-4-2-3-5-12(8)9(13)6-11-7-10(14)15/h8,11H,2-7H2,1H3,(H,14,15). The lowest BCUT2D eigenvalue weighted by atomic mass is 10.0. The van der Waals surface area contributed by atoms with Gasteiger partial charge < -0.3 is 10.0 Å². The Balaban J connectivity index is 2.29. The molecule has 1 atom stereocenters. The van der Waals surface area contributed by atoms with Crippen molar-refractivity contribution in [2.75, 3.05) is 19.6 Å². The highest BCUT2D eigenvalue weighted by Crippen LogP contribution is 2.15. The first kappa shape index (κ1) is 12.0. The molecule has 0 aromatic carbocycles. The van der Waals surface area contributed by atoms with Crippen molar-refractivity contribution < 1.29 is 14.7 Å². The third kappa shape index (κ3) is 3.87. The van der Waals surface area contributed by atoms with Gasteiger partial charge in [-0.2, -0.15) is 0 Å². The fourth-order valence-corrected chi connectivity index (χ4v) is 1.85. The van der Waals surface area contributed by atoms with Gasteiger partial charge >= 0.3 is 5.97 Å². The predicted octanol–water partition coefficient (Wildman–Crippen LogP) is 0.0616. The number of piperidine rings is 1. The van der Waals surface area contributed by atoms with Crippen molar-refractivity contribution in [3.05, 3.63) is 0 Å². The van der Waals surface area contributed by atoms with Crippen LogP contribution in [0.2, 0.25) is 0 Å². The minimum atomic E-state index is -0.936. The number of nitrogens with one attached hydrogen (secondary N) is 1. The van der Waals surface area contributed by atoms with Gasteiger partial charge in [0.15, 0.2) is 0 Å². The van der Waals surface area contributed by atoms with Crippen LogP contribution >= 0.6 is 0 Å². The lowest BCUT2D eigenvalue weighted by molar-refractivity contribution is -0.136. The van der Waals surface area contributed by atoms with E-state index in [4.69, 9.17) is 5.11 Å². The Morgan fingerprint density at radius 1 is 1.40 bits per heavy atom. The zero-order valence-electron chi connectivity index (χ0n) is 9.03. The van der Waals surface area contributed by atoms with Crippen LogP contribution in [0.25, 0.3) is 0 Å². The Morgan fingerprint density at radius 2 is 2.13 bits per heavy atom. The predicted molar refractivity (Wildman–Crippen MR) is 55.5 cm³/mol. The number of carboxylic acids is 1. The van der Waals surface area contributed by atoms with Crippen molar-refractivity contribution in [2.45, 2.75) is 32.2 Å². The summed E-state index contributed by atoms with van der Waals surface area (Å²) in [5.74, 6) is -0.932. The summed E-state index contributed by atoms with van der Waals surface area (Å²) in [7, 11) is 0. The van der Waals surface area contributed by atoms with E-state index in [1.165, 1.54) is 6.42 Å². The van der Waals surface area contributed by atoms with Gasteiger partial charge in [-0.25, -0.2) is 0 Å². The molecule has 0 aromatic heterocycles.